The first-order chi connectivity index (χ1) is 7.13. The molecular formula is C12H14NO2+. The summed E-state index contributed by atoms with van der Waals surface area (Å²) in [6, 6.07) is 0. The standard InChI is InChI=1S/C12H13NO2/c1-8-10-7-12(15-3)11(14)6-9(10)4-5-13(8)2/h4-7H,1-3H3/p+1. The predicted molar refractivity (Wildman–Crippen MR) is 56.9 cm³/mol. The quantitative estimate of drug-likeness (QED) is 0.668. The highest BCUT2D eigenvalue weighted by molar-refractivity contribution is 6.06. The number of hydrogen-bond donors (Lipinski definition) is 1. The number of allylic oxidation sites excluding steroid dienone is 6. The summed E-state index contributed by atoms with van der Waals surface area (Å²) in [6.07, 6.45) is 7.45. The van der Waals surface area contributed by atoms with Crippen LogP contribution in [0.2, 0.25) is 0 Å². The van der Waals surface area contributed by atoms with Gasteiger partial charge in [-0.25, -0.2) is 0 Å². The van der Waals surface area contributed by atoms with Crippen LogP contribution in [0.3, 0.4) is 0 Å². The summed E-state index contributed by atoms with van der Waals surface area (Å²) in [6.45, 7) is 2.06. The molecule has 0 bridgehead atoms. The largest absolute Gasteiger partial charge is 0.493 e. The van der Waals surface area contributed by atoms with E-state index in [0.717, 1.165) is 11.1 Å². The lowest BCUT2D eigenvalue weighted by Gasteiger charge is -2.21. The molecule has 78 valence electrons. The Balaban J connectivity index is 2.51. The highest BCUT2D eigenvalue weighted by Gasteiger charge is 2.24. The summed E-state index contributed by atoms with van der Waals surface area (Å²) >= 11 is 0. The molecule has 1 heterocycles. The first-order valence-electron chi connectivity index (χ1n) is 4.88. The maximum Gasteiger partial charge on any atom is 0.220 e. The Labute approximate surface area is 89.0 Å². The van der Waals surface area contributed by atoms with Crippen molar-refractivity contribution in [3.05, 3.63) is 47.0 Å². The van der Waals surface area contributed by atoms with Crippen LogP contribution in [0.15, 0.2) is 47.0 Å². The van der Waals surface area contributed by atoms with Gasteiger partial charge in [-0.2, -0.15) is 0 Å². The van der Waals surface area contributed by atoms with Crippen LogP contribution in [0.5, 0.6) is 0 Å². The van der Waals surface area contributed by atoms with Gasteiger partial charge in [0.1, 0.15) is 5.70 Å². The molecule has 0 fully saturated rings. The molecule has 0 radical (unpaired) electrons. The third-order valence-corrected chi connectivity index (χ3v) is 2.84. The lowest BCUT2D eigenvalue weighted by atomic mass is 9.94. The molecule has 0 aromatic rings. The summed E-state index contributed by atoms with van der Waals surface area (Å²) in [7, 11) is 3.58. The van der Waals surface area contributed by atoms with Gasteiger partial charge in [0, 0.05) is 12.5 Å². The molecule has 2 aliphatic rings. The van der Waals surface area contributed by atoms with Gasteiger partial charge in [-0.3, -0.25) is 9.69 Å². The maximum atomic E-state index is 11.5. The Morgan fingerprint density at radius 1 is 1.33 bits per heavy atom. The minimum Gasteiger partial charge on any atom is -0.493 e. The minimum absolute atomic E-state index is 0.0618. The number of fused-ring (bicyclic) bond motifs is 1. The highest BCUT2D eigenvalue weighted by atomic mass is 16.5. The van der Waals surface area contributed by atoms with Crippen molar-refractivity contribution in [2.75, 3.05) is 14.2 Å². The first kappa shape index (κ1) is 9.93. The molecule has 1 unspecified atom stereocenters. The fourth-order valence-corrected chi connectivity index (χ4v) is 1.75. The number of ether oxygens (including phenoxy) is 1. The van der Waals surface area contributed by atoms with Crippen molar-refractivity contribution in [1.29, 1.82) is 0 Å². The topological polar surface area (TPSA) is 30.7 Å². The van der Waals surface area contributed by atoms with Crippen molar-refractivity contribution in [3.63, 3.8) is 0 Å². The second-order valence-corrected chi connectivity index (χ2v) is 3.73. The van der Waals surface area contributed by atoms with Crippen LogP contribution in [-0.2, 0) is 9.53 Å². The Kier molecular flexibility index (Phi) is 2.32. The van der Waals surface area contributed by atoms with Crippen LogP contribution in [0, 0.1) is 0 Å². The van der Waals surface area contributed by atoms with Gasteiger partial charge in [0.15, 0.2) is 5.76 Å². The number of ketones is 1. The Morgan fingerprint density at radius 3 is 2.73 bits per heavy atom. The zero-order chi connectivity index (χ0) is 11.0. The number of quaternary nitrogens is 1. The molecule has 0 aromatic heterocycles. The maximum absolute atomic E-state index is 11.5. The lowest BCUT2D eigenvalue weighted by Crippen LogP contribution is -3.02. The van der Waals surface area contributed by atoms with E-state index in [2.05, 4.69) is 14.0 Å². The van der Waals surface area contributed by atoms with Crippen molar-refractivity contribution in [1.82, 2.24) is 0 Å². The molecule has 1 aliphatic carbocycles. The molecule has 3 heteroatoms. The monoisotopic (exact) mass is 204 g/mol. The molecule has 15 heavy (non-hydrogen) atoms. The third kappa shape index (κ3) is 1.55. The average Bonchev–Trinajstić information content (AvgIpc) is 2.23. The molecule has 0 saturated carbocycles. The molecular weight excluding hydrogens is 190 g/mol. The number of rotatable bonds is 1. The summed E-state index contributed by atoms with van der Waals surface area (Å²) in [5.41, 5.74) is 3.26. The Hall–Kier alpha value is -1.61. The van der Waals surface area contributed by atoms with E-state index in [-0.39, 0.29) is 5.78 Å². The molecule has 1 aliphatic heterocycles. The van der Waals surface area contributed by atoms with Gasteiger partial charge in [0.05, 0.1) is 20.4 Å². The van der Waals surface area contributed by atoms with E-state index in [0.29, 0.717) is 5.76 Å². The lowest BCUT2D eigenvalue weighted by molar-refractivity contribution is -0.782. The number of hydrogen-bond acceptors (Lipinski definition) is 2. The van der Waals surface area contributed by atoms with E-state index in [1.54, 1.807) is 6.08 Å². The van der Waals surface area contributed by atoms with E-state index in [1.165, 1.54) is 17.7 Å². The number of carbonyl (C=O) groups is 1. The van der Waals surface area contributed by atoms with Crippen molar-refractivity contribution in [2.45, 2.75) is 6.92 Å². The molecule has 1 N–H and O–H groups in total. The summed E-state index contributed by atoms with van der Waals surface area (Å²) in [4.78, 5) is 12.8. The fraction of sp³-hybridized carbons (Fsp3) is 0.250. The molecule has 3 nitrogen and oxygen atoms in total. The van der Waals surface area contributed by atoms with E-state index in [9.17, 15) is 4.79 Å². The van der Waals surface area contributed by atoms with Gasteiger partial charge in [-0.1, -0.05) is 0 Å². The highest BCUT2D eigenvalue weighted by Crippen LogP contribution is 2.24. The van der Waals surface area contributed by atoms with E-state index >= 15 is 0 Å². The zero-order valence-corrected chi connectivity index (χ0v) is 9.13. The summed E-state index contributed by atoms with van der Waals surface area (Å²) in [5, 5.41) is 0. The van der Waals surface area contributed by atoms with E-state index in [4.69, 9.17) is 4.74 Å². The molecule has 1 atom stereocenters. The third-order valence-electron chi connectivity index (χ3n) is 2.84. The van der Waals surface area contributed by atoms with E-state index in [1.807, 2.05) is 18.4 Å². The molecule has 0 spiro atoms. The van der Waals surface area contributed by atoms with Crippen LogP contribution < -0.4 is 4.90 Å². The zero-order valence-electron chi connectivity index (χ0n) is 9.13. The smallest absolute Gasteiger partial charge is 0.220 e. The van der Waals surface area contributed by atoms with Gasteiger partial charge in [0.25, 0.3) is 0 Å². The SMILES string of the molecule is COC1=CC2=C(C)[NH+](C)C=CC2=CC1=O. The van der Waals surface area contributed by atoms with Crippen molar-refractivity contribution in [3.8, 4) is 0 Å². The molecule has 0 aromatic carbocycles. The van der Waals surface area contributed by atoms with Crippen LogP contribution >= 0.6 is 0 Å². The van der Waals surface area contributed by atoms with Crippen LogP contribution in [0.25, 0.3) is 0 Å². The summed E-state index contributed by atoms with van der Waals surface area (Å²) in [5.74, 6) is 0.351. The van der Waals surface area contributed by atoms with Gasteiger partial charge in [0.2, 0.25) is 5.78 Å². The van der Waals surface area contributed by atoms with Crippen LogP contribution in [0.1, 0.15) is 6.92 Å². The second kappa shape index (κ2) is 3.51. The minimum atomic E-state index is -0.0618. The molecule has 0 amide bonds. The fourth-order valence-electron chi connectivity index (χ4n) is 1.75. The van der Waals surface area contributed by atoms with Gasteiger partial charge in [-0.15, -0.1) is 0 Å². The van der Waals surface area contributed by atoms with Crippen molar-refractivity contribution < 1.29 is 14.4 Å². The predicted octanol–water partition coefficient (Wildman–Crippen LogP) is 0.342. The summed E-state index contributed by atoms with van der Waals surface area (Å²) < 4.78 is 5.04. The van der Waals surface area contributed by atoms with Crippen LogP contribution in [0.4, 0.5) is 0 Å². The second-order valence-electron chi connectivity index (χ2n) is 3.73. The van der Waals surface area contributed by atoms with Crippen molar-refractivity contribution in [2.24, 2.45) is 0 Å². The van der Waals surface area contributed by atoms with Crippen LogP contribution in [-0.4, -0.2) is 19.9 Å². The molecule has 0 saturated heterocycles. The number of carbonyl (C=O) groups excluding carboxylic acids is 1. The Morgan fingerprint density at radius 2 is 2.07 bits per heavy atom. The van der Waals surface area contributed by atoms with Gasteiger partial charge < -0.3 is 4.74 Å². The normalized spacial score (nSPS) is 24.7. The van der Waals surface area contributed by atoms with Crippen molar-refractivity contribution >= 4 is 5.78 Å². The first-order valence-corrected chi connectivity index (χ1v) is 4.88. The number of methoxy groups -OCH3 is 1. The van der Waals surface area contributed by atoms with Gasteiger partial charge >= 0.3 is 0 Å². The Bertz CT molecular complexity index is 439. The average molecular weight is 204 g/mol. The molecule has 2 rings (SSSR count). The van der Waals surface area contributed by atoms with E-state index < -0.39 is 0 Å². The number of nitrogens with one attached hydrogen (secondary N) is 1. The van der Waals surface area contributed by atoms with Gasteiger partial charge in [-0.05, 0) is 23.8 Å².